The molecule has 2 heterocycles. The van der Waals surface area contributed by atoms with E-state index in [1.807, 2.05) is 100 Å². The SMILES string of the molecule is CCOc1cc(N(C)C)ccc1C1(c2ccc(N(C)C)cc2OCC)OC(=O)c2ncccc21. The van der Waals surface area contributed by atoms with Gasteiger partial charge in [-0.1, -0.05) is 6.07 Å². The summed E-state index contributed by atoms with van der Waals surface area (Å²) in [5.41, 5.74) is 3.08. The van der Waals surface area contributed by atoms with Crippen LogP contribution in [0.15, 0.2) is 54.7 Å². The zero-order valence-electron chi connectivity index (χ0n) is 20.6. The van der Waals surface area contributed by atoms with E-state index in [0.717, 1.165) is 22.5 Å². The molecular formula is C27H31N3O4. The maximum atomic E-state index is 13.1. The van der Waals surface area contributed by atoms with Gasteiger partial charge in [0.15, 0.2) is 11.3 Å². The van der Waals surface area contributed by atoms with Gasteiger partial charge >= 0.3 is 5.97 Å². The molecule has 3 aromatic rings. The minimum Gasteiger partial charge on any atom is -0.493 e. The number of benzene rings is 2. The lowest BCUT2D eigenvalue weighted by atomic mass is 9.79. The van der Waals surface area contributed by atoms with Crippen LogP contribution in [0.4, 0.5) is 11.4 Å². The predicted molar refractivity (Wildman–Crippen MR) is 133 cm³/mol. The summed E-state index contributed by atoms with van der Waals surface area (Å²) in [6.07, 6.45) is 1.60. The summed E-state index contributed by atoms with van der Waals surface area (Å²) in [7, 11) is 7.90. The Kier molecular flexibility index (Phi) is 6.37. The summed E-state index contributed by atoms with van der Waals surface area (Å²) in [5, 5.41) is 0. The fourth-order valence-corrected chi connectivity index (χ4v) is 4.35. The standard InChI is InChI=1S/C27H31N3O4/c1-7-32-23-16-18(29(3)4)11-13-20(23)27(22-10-9-15-28-25(22)26(31)34-27)21-14-12-19(30(5)6)17-24(21)33-8-2/h9-17H,7-8H2,1-6H3. The molecule has 4 rings (SSSR count). The number of ether oxygens (including phenoxy) is 3. The molecule has 0 bridgehead atoms. The van der Waals surface area contributed by atoms with Crippen LogP contribution in [0.3, 0.4) is 0 Å². The molecule has 0 spiro atoms. The lowest BCUT2D eigenvalue weighted by Crippen LogP contribution is -2.31. The number of rotatable bonds is 8. The first-order chi connectivity index (χ1) is 16.3. The molecule has 1 aliphatic rings. The lowest BCUT2D eigenvalue weighted by Gasteiger charge is -2.33. The van der Waals surface area contributed by atoms with Crippen molar-refractivity contribution in [1.29, 1.82) is 0 Å². The topological polar surface area (TPSA) is 64.1 Å². The number of anilines is 2. The largest absolute Gasteiger partial charge is 0.493 e. The van der Waals surface area contributed by atoms with E-state index in [-0.39, 0.29) is 0 Å². The molecule has 7 heteroatoms. The van der Waals surface area contributed by atoms with Crippen LogP contribution in [0.2, 0.25) is 0 Å². The Bertz CT molecular complexity index is 1140. The fraction of sp³-hybridized carbons (Fsp3) is 0.333. The van der Waals surface area contributed by atoms with Crippen molar-refractivity contribution in [3.05, 3.63) is 77.1 Å². The number of carbonyl (C=O) groups excluding carboxylic acids is 1. The molecule has 1 aliphatic heterocycles. The van der Waals surface area contributed by atoms with Crippen LogP contribution in [0.1, 0.15) is 41.0 Å². The highest BCUT2D eigenvalue weighted by molar-refractivity contribution is 5.95. The second-order valence-corrected chi connectivity index (χ2v) is 8.49. The van der Waals surface area contributed by atoms with Crippen molar-refractivity contribution >= 4 is 17.3 Å². The van der Waals surface area contributed by atoms with Crippen molar-refractivity contribution in [1.82, 2.24) is 4.98 Å². The van der Waals surface area contributed by atoms with Gasteiger partial charge in [0.25, 0.3) is 0 Å². The smallest absolute Gasteiger partial charge is 0.358 e. The molecule has 7 nitrogen and oxygen atoms in total. The zero-order valence-corrected chi connectivity index (χ0v) is 20.6. The van der Waals surface area contributed by atoms with Gasteiger partial charge in [-0.2, -0.15) is 0 Å². The predicted octanol–water partition coefficient (Wildman–Crippen LogP) is 4.47. The molecular weight excluding hydrogens is 430 g/mol. The van der Waals surface area contributed by atoms with Gasteiger partial charge in [-0.25, -0.2) is 9.78 Å². The van der Waals surface area contributed by atoms with Crippen LogP contribution in [0.5, 0.6) is 11.5 Å². The van der Waals surface area contributed by atoms with E-state index >= 15 is 0 Å². The highest BCUT2D eigenvalue weighted by Crippen LogP contribution is 2.52. The van der Waals surface area contributed by atoms with E-state index in [1.165, 1.54) is 0 Å². The van der Waals surface area contributed by atoms with Gasteiger partial charge in [-0.3, -0.25) is 0 Å². The molecule has 0 fully saturated rings. The van der Waals surface area contributed by atoms with Crippen molar-refractivity contribution in [2.24, 2.45) is 0 Å². The lowest BCUT2D eigenvalue weighted by molar-refractivity contribution is 0.0234. The highest BCUT2D eigenvalue weighted by Gasteiger charge is 2.52. The Morgan fingerprint density at radius 2 is 1.35 bits per heavy atom. The molecule has 178 valence electrons. The summed E-state index contributed by atoms with van der Waals surface area (Å²) in [6.45, 7) is 4.80. The van der Waals surface area contributed by atoms with E-state index in [0.29, 0.717) is 36.0 Å². The maximum Gasteiger partial charge on any atom is 0.358 e. The summed E-state index contributed by atoms with van der Waals surface area (Å²) >= 11 is 0. The highest BCUT2D eigenvalue weighted by atomic mass is 16.6. The van der Waals surface area contributed by atoms with E-state index in [4.69, 9.17) is 14.2 Å². The van der Waals surface area contributed by atoms with Crippen LogP contribution in [-0.4, -0.2) is 52.4 Å². The van der Waals surface area contributed by atoms with E-state index in [2.05, 4.69) is 4.98 Å². The molecule has 0 radical (unpaired) electrons. The van der Waals surface area contributed by atoms with Crippen molar-refractivity contribution in [2.75, 3.05) is 51.2 Å². The maximum absolute atomic E-state index is 13.1. The number of hydrogen-bond acceptors (Lipinski definition) is 7. The molecule has 34 heavy (non-hydrogen) atoms. The van der Waals surface area contributed by atoms with Crippen molar-refractivity contribution in [3.63, 3.8) is 0 Å². The van der Waals surface area contributed by atoms with Gasteiger partial charge in [-0.05, 0) is 44.2 Å². The number of cyclic esters (lactones) is 1. The van der Waals surface area contributed by atoms with Crippen LogP contribution >= 0.6 is 0 Å². The number of fused-ring (bicyclic) bond motifs is 1. The molecule has 0 unspecified atom stereocenters. The Labute approximate surface area is 200 Å². The molecule has 1 aromatic heterocycles. The van der Waals surface area contributed by atoms with Gasteiger partial charge in [-0.15, -0.1) is 0 Å². The Morgan fingerprint density at radius 1 is 0.824 bits per heavy atom. The second-order valence-electron chi connectivity index (χ2n) is 8.49. The molecule has 0 aliphatic carbocycles. The average molecular weight is 462 g/mol. The third kappa shape index (κ3) is 3.81. The fourth-order valence-electron chi connectivity index (χ4n) is 4.35. The average Bonchev–Trinajstić information content (AvgIpc) is 3.12. The monoisotopic (exact) mass is 461 g/mol. The van der Waals surface area contributed by atoms with Crippen LogP contribution in [0, 0.1) is 0 Å². The third-order valence-corrected chi connectivity index (χ3v) is 5.95. The van der Waals surface area contributed by atoms with Gasteiger partial charge in [0, 0.05) is 74.6 Å². The number of aromatic nitrogens is 1. The first-order valence-electron chi connectivity index (χ1n) is 11.4. The van der Waals surface area contributed by atoms with Crippen molar-refractivity contribution in [3.8, 4) is 11.5 Å². The van der Waals surface area contributed by atoms with Crippen LogP contribution in [-0.2, 0) is 10.3 Å². The first kappa shape index (κ1) is 23.4. The Balaban J connectivity index is 2.08. The molecule has 0 saturated heterocycles. The van der Waals surface area contributed by atoms with E-state index in [1.54, 1.807) is 6.20 Å². The number of carbonyl (C=O) groups is 1. The van der Waals surface area contributed by atoms with Gasteiger partial charge < -0.3 is 24.0 Å². The first-order valence-corrected chi connectivity index (χ1v) is 11.4. The molecule has 0 atom stereocenters. The minimum absolute atomic E-state index is 0.292. The molecule has 0 N–H and O–H groups in total. The van der Waals surface area contributed by atoms with Crippen LogP contribution in [0.25, 0.3) is 0 Å². The third-order valence-electron chi connectivity index (χ3n) is 5.95. The van der Waals surface area contributed by atoms with Gasteiger partial charge in [0.1, 0.15) is 11.5 Å². The number of esters is 1. The van der Waals surface area contributed by atoms with E-state index < -0.39 is 11.6 Å². The molecule has 0 amide bonds. The normalized spacial score (nSPS) is 13.8. The molecule has 0 saturated carbocycles. The van der Waals surface area contributed by atoms with Crippen molar-refractivity contribution < 1.29 is 19.0 Å². The Hall–Kier alpha value is -3.74. The minimum atomic E-state index is -1.27. The van der Waals surface area contributed by atoms with Gasteiger partial charge in [0.2, 0.25) is 0 Å². The second kappa shape index (κ2) is 9.25. The number of pyridine rings is 1. The summed E-state index contributed by atoms with van der Waals surface area (Å²) in [5.74, 6) is 0.795. The van der Waals surface area contributed by atoms with Crippen LogP contribution < -0.4 is 19.3 Å². The van der Waals surface area contributed by atoms with Gasteiger partial charge in [0.05, 0.1) is 13.2 Å². The Morgan fingerprint density at radius 3 is 1.82 bits per heavy atom. The molecule has 2 aromatic carbocycles. The van der Waals surface area contributed by atoms with E-state index in [9.17, 15) is 4.79 Å². The number of nitrogens with zero attached hydrogens (tertiary/aromatic N) is 3. The summed E-state index contributed by atoms with van der Waals surface area (Å²) in [6, 6.07) is 15.6. The number of hydrogen-bond donors (Lipinski definition) is 0. The summed E-state index contributed by atoms with van der Waals surface area (Å²) < 4.78 is 18.5. The van der Waals surface area contributed by atoms with Crippen molar-refractivity contribution in [2.45, 2.75) is 19.4 Å². The zero-order chi connectivity index (χ0) is 24.5. The summed E-state index contributed by atoms with van der Waals surface area (Å²) in [4.78, 5) is 21.5. The quantitative estimate of drug-likeness (QED) is 0.459.